The third-order valence-electron chi connectivity index (χ3n) is 4.76. The van der Waals surface area contributed by atoms with Crippen molar-refractivity contribution < 1.29 is 4.79 Å². The van der Waals surface area contributed by atoms with Crippen molar-refractivity contribution in [3.63, 3.8) is 0 Å². The number of hydrogen-bond donors (Lipinski definition) is 1. The molecule has 0 radical (unpaired) electrons. The van der Waals surface area contributed by atoms with Crippen LogP contribution in [0.5, 0.6) is 0 Å². The van der Waals surface area contributed by atoms with Crippen molar-refractivity contribution in [2.24, 2.45) is 10.9 Å². The van der Waals surface area contributed by atoms with Gasteiger partial charge in [0.05, 0.1) is 0 Å². The summed E-state index contributed by atoms with van der Waals surface area (Å²) in [6.07, 6.45) is 7.92. The lowest BCUT2D eigenvalue weighted by Gasteiger charge is -2.34. The topological polar surface area (TPSA) is 44.7 Å². The van der Waals surface area contributed by atoms with Gasteiger partial charge in [-0.15, -0.1) is 0 Å². The molecule has 2 aliphatic heterocycles. The first-order chi connectivity index (χ1) is 10.2. The van der Waals surface area contributed by atoms with Gasteiger partial charge in [0.2, 0.25) is 0 Å². The molecule has 0 aromatic heterocycles. The van der Waals surface area contributed by atoms with Gasteiger partial charge in [-0.25, -0.2) is 4.31 Å². The van der Waals surface area contributed by atoms with Crippen molar-refractivity contribution >= 4 is 33.5 Å². The molecule has 1 N–H and O–H groups in total. The summed E-state index contributed by atoms with van der Waals surface area (Å²) in [6.45, 7) is 5.55. The molecule has 3 rings (SSSR count). The van der Waals surface area contributed by atoms with E-state index < -0.39 is 5.54 Å². The number of carbonyl (C=O) groups excluding carboxylic acids is 1. The smallest absolute Gasteiger partial charge is 0.253 e. The monoisotopic (exact) mass is 325 g/mol. The van der Waals surface area contributed by atoms with Gasteiger partial charge in [0.15, 0.2) is 0 Å². The van der Waals surface area contributed by atoms with Crippen LogP contribution < -0.4 is 5.32 Å². The lowest BCUT2D eigenvalue weighted by molar-refractivity contribution is -0.124. The molecule has 21 heavy (non-hydrogen) atoms. The predicted octanol–water partition coefficient (Wildman–Crippen LogP) is 3.37. The first kappa shape index (κ1) is 15.4. The molecule has 1 amide bonds. The van der Waals surface area contributed by atoms with Crippen LogP contribution in [0.1, 0.15) is 44.9 Å². The minimum Gasteiger partial charge on any atom is -0.312 e. The summed E-state index contributed by atoms with van der Waals surface area (Å²) >= 11 is 0. The van der Waals surface area contributed by atoms with Gasteiger partial charge in [-0.3, -0.25) is 9.79 Å². The Morgan fingerprint density at radius 2 is 2.00 bits per heavy atom. The Hall–Kier alpha value is -0.460. The van der Waals surface area contributed by atoms with Crippen molar-refractivity contribution in [1.29, 1.82) is 0 Å². The molecule has 1 aliphatic carbocycles. The van der Waals surface area contributed by atoms with Gasteiger partial charge in [0, 0.05) is 19.0 Å². The third-order valence-corrected chi connectivity index (χ3v) is 6.85. The molecule has 1 saturated carbocycles. The van der Waals surface area contributed by atoms with E-state index in [1.54, 1.807) is 21.8 Å². The van der Waals surface area contributed by atoms with E-state index in [-0.39, 0.29) is 5.91 Å². The van der Waals surface area contributed by atoms with E-state index in [0.717, 1.165) is 31.8 Å². The highest BCUT2D eigenvalue weighted by Crippen LogP contribution is 2.37. The van der Waals surface area contributed by atoms with E-state index in [2.05, 4.69) is 16.2 Å². The maximum atomic E-state index is 12.5. The minimum atomic E-state index is -0.470. The quantitative estimate of drug-likeness (QED) is 0.636. The molecule has 1 saturated heterocycles. The van der Waals surface area contributed by atoms with Crippen LogP contribution in [0.3, 0.4) is 0 Å². The van der Waals surface area contributed by atoms with Gasteiger partial charge >= 0.3 is 0 Å². The van der Waals surface area contributed by atoms with Crippen LogP contribution in [0, 0.1) is 5.92 Å². The number of amides is 1. The summed E-state index contributed by atoms with van der Waals surface area (Å²) < 4.78 is 2.30. The lowest BCUT2D eigenvalue weighted by atomic mass is 9.88. The van der Waals surface area contributed by atoms with Crippen LogP contribution >= 0.6 is 21.8 Å². The maximum absolute atomic E-state index is 12.5. The number of piperidine rings is 1. The zero-order valence-corrected chi connectivity index (χ0v) is 14.0. The number of aliphatic imine (C=N–C) groups is 1. The first-order valence-corrected chi connectivity index (χ1v) is 10.0. The Kier molecular flexibility index (Phi) is 4.96. The molecule has 0 bridgehead atoms. The average Bonchev–Trinajstić information content (AvgIpc) is 2.85. The maximum Gasteiger partial charge on any atom is 0.253 e. The van der Waals surface area contributed by atoms with Crippen LogP contribution in [0.2, 0.25) is 0 Å². The second kappa shape index (κ2) is 6.75. The van der Waals surface area contributed by atoms with Gasteiger partial charge in [-0.05, 0) is 52.9 Å². The summed E-state index contributed by atoms with van der Waals surface area (Å²) in [5.74, 6) is 1.62. The average molecular weight is 326 g/mol. The van der Waals surface area contributed by atoms with Crippen LogP contribution in [0.4, 0.5) is 0 Å². The summed E-state index contributed by atoms with van der Waals surface area (Å²) in [5, 5.41) is 4.95. The fourth-order valence-corrected chi connectivity index (χ4v) is 4.98. The van der Waals surface area contributed by atoms with E-state index in [1.165, 1.54) is 32.1 Å². The molecule has 0 atom stereocenters. The molecule has 3 aliphatic rings. The van der Waals surface area contributed by atoms with E-state index in [1.807, 2.05) is 5.41 Å². The van der Waals surface area contributed by atoms with E-state index in [4.69, 9.17) is 4.99 Å². The van der Waals surface area contributed by atoms with E-state index in [9.17, 15) is 4.79 Å². The molecule has 116 valence electrons. The van der Waals surface area contributed by atoms with Gasteiger partial charge in [0.25, 0.3) is 5.91 Å². The summed E-state index contributed by atoms with van der Waals surface area (Å²) in [6, 6.07) is 0. The molecule has 4 nitrogen and oxygen atoms in total. The van der Waals surface area contributed by atoms with E-state index in [0.29, 0.717) is 5.92 Å². The van der Waals surface area contributed by atoms with Crippen molar-refractivity contribution in [2.45, 2.75) is 50.5 Å². The Morgan fingerprint density at radius 3 is 2.67 bits per heavy atom. The first-order valence-electron chi connectivity index (χ1n) is 7.84. The summed E-state index contributed by atoms with van der Waals surface area (Å²) in [5.41, 5.74) is -0.470. The number of carbonyl (C=O) groups is 1. The van der Waals surface area contributed by atoms with Crippen molar-refractivity contribution in [1.82, 2.24) is 9.62 Å². The number of nitrogens with one attached hydrogen (secondary N) is 1. The van der Waals surface area contributed by atoms with Crippen LogP contribution in [-0.4, -0.2) is 34.7 Å². The number of amidine groups is 1. The van der Waals surface area contributed by atoms with Crippen LogP contribution in [-0.2, 0) is 4.79 Å². The van der Waals surface area contributed by atoms with E-state index >= 15 is 0 Å². The molecular formula is C15H23N3OS2. The lowest BCUT2D eigenvalue weighted by Crippen LogP contribution is -2.47. The second-order valence-corrected chi connectivity index (χ2v) is 8.30. The highest BCUT2D eigenvalue weighted by Gasteiger charge is 2.46. The van der Waals surface area contributed by atoms with Crippen LogP contribution in [0.15, 0.2) is 17.0 Å². The molecule has 2 heterocycles. The SMILES string of the molecule is C=CSSN1CCC2(CC1)N=C(C1CCCCC1)NC2=O. The van der Waals surface area contributed by atoms with Gasteiger partial charge < -0.3 is 5.32 Å². The second-order valence-electron chi connectivity index (χ2n) is 6.08. The van der Waals surface area contributed by atoms with Crippen molar-refractivity contribution in [2.75, 3.05) is 13.1 Å². The number of hydrogen-bond acceptors (Lipinski definition) is 5. The fourth-order valence-electron chi connectivity index (χ4n) is 3.47. The summed E-state index contributed by atoms with van der Waals surface area (Å²) in [7, 11) is 3.36. The third kappa shape index (κ3) is 3.32. The van der Waals surface area contributed by atoms with Gasteiger partial charge in [0.1, 0.15) is 11.4 Å². The number of rotatable bonds is 4. The van der Waals surface area contributed by atoms with Gasteiger partial charge in [-0.1, -0.05) is 25.8 Å². The summed E-state index contributed by atoms with van der Waals surface area (Å²) in [4.78, 5) is 17.3. The standard InChI is InChI=1S/C15H23N3OS2/c1-2-20-21-18-10-8-15(9-11-18)14(19)16-13(17-15)12-6-4-3-5-7-12/h2,12H,1,3-11H2,(H,16,17,19). The molecule has 0 unspecified atom stereocenters. The number of nitrogens with zero attached hydrogens (tertiary/aromatic N) is 2. The van der Waals surface area contributed by atoms with Crippen LogP contribution in [0.25, 0.3) is 0 Å². The molecule has 0 aromatic rings. The molecule has 1 spiro atoms. The molecule has 6 heteroatoms. The highest BCUT2D eigenvalue weighted by molar-refractivity contribution is 8.76. The highest BCUT2D eigenvalue weighted by atomic mass is 33.1. The molecular weight excluding hydrogens is 302 g/mol. The molecule has 0 aromatic carbocycles. The predicted molar refractivity (Wildman–Crippen MR) is 91.1 cm³/mol. The van der Waals surface area contributed by atoms with Crippen molar-refractivity contribution in [3.8, 4) is 0 Å². The Morgan fingerprint density at radius 1 is 1.29 bits per heavy atom. The normalized spacial score (nSPS) is 26.7. The largest absolute Gasteiger partial charge is 0.312 e. The zero-order chi connectivity index (χ0) is 14.7. The van der Waals surface area contributed by atoms with Gasteiger partial charge in [-0.2, -0.15) is 0 Å². The Bertz CT molecular complexity index is 438. The van der Waals surface area contributed by atoms with Crippen molar-refractivity contribution in [3.05, 3.63) is 12.0 Å². The zero-order valence-electron chi connectivity index (χ0n) is 12.3. The Balaban J connectivity index is 1.63. The Labute approximate surface area is 134 Å². The molecule has 2 fully saturated rings. The minimum absolute atomic E-state index is 0.143. The fraction of sp³-hybridized carbons (Fsp3) is 0.733.